The van der Waals surface area contributed by atoms with Crippen molar-refractivity contribution in [1.29, 1.82) is 0 Å². The normalized spacial score (nSPS) is 9.31. The van der Waals surface area contributed by atoms with E-state index in [4.69, 9.17) is 0 Å². The van der Waals surface area contributed by atoms with Gasteiger partial charge >= 0.3 is 6.03 Å². The standard InChI is InChI=1S/C8H10N2O2S/c1-6(11)5-9-8(12)10-7-3-2-4-13-7/h2-4H,5H2,1H3,(H2,9,10,12). The molecule has 0 aliphatic carbocycles. The highest BCUT2D eigenvalue weighted by molar-refractivity contribution is 7.14. The summed E-state index contributed by atoms with van der Waals surface area (Å²) in [6.45, 7) is 1.49. The largest absolute Gasteiger partial charge is 0.331 e. The van der Waals surface area contributed by atoms with E-state index in [2.05, 4.69) is 10.6 Å². The molecule has 0 aliphatic rings. The van der Waals surface area contributed by atoms with Crippen LogP contribution in [0.2, 0.25) is 0 Å². The maximum atomic E-state index is 11.0. The van der Waals surface area contributed by atoms with E-state index in [1.165, 1.54) is 18.3 Å². The molecule has 4 nitrogen and oxygen atoms in total. The molecule has 0 saturated carbocycles. The third-order valence-electron chi connectivity index (χ3n) is 1.26. The summed E-state index contributed by atoms with van der Waals surface area (Å²) in [4.78, 5) is 21.6. The Morgan fingerprint density at radius 1 is 1.54 bits per heavy atom. The Kier molecular flexibility index (Phi) is 3.45. The van der Waals surface area contributed by atoms with E-state index >= 15 is 0 Å². The van der Waals surface area contributed by atoms with Gasteiger partial charge in [-0.15, -0.1) is 11.3 Å². The number of urea groups is 1. The lowest BCUT2D eigenvalue weighted by atomic mass is 10.4. The van der Waals surface area contributed by atoms with Gasteiger partial charge in [0.2, 0.25) is 0 Å². The van der Waals surface area contributed by atoms with Gasteiger partial charge in [-0.25, -0.2) is 4.79 Å². The Bertz CT molecular complexity index is 295. The summed E-state index contributed by atoms with van der Waals surface area (Å²) in [5.74, 6) is -0.0682. The number of carbonyl (C=O) groups excluding carboxylic acids is 2. The van der Waals surface area contributed by atoms with Gasteiger partial charge < -0.3 is 5.32 Å². The molecule has 0 aliphatic heterocycles. The molecule has 2 amide bonds. The number of ketones is 1. The Balaban J connectivity index is 2.30. The van der Waals surface area contributed by atoms with Crippen LogP contribution in [0, 0.1) is 0 Å². The molecule has 13 heavy (non-hydrogen) atoms. The highest BCUT2D eigenvalue weighted by atomic mass is 32.1. The monoisotopic (exact) mass is 198 g/mol. The van der Waals surface area contributed by atoms with Crippen LogP contribution in [0.5, 0.6) is 0 Å². The lowest BCUT2D eigenvalue weighted by molar-refractivity contribution is -0.116. The number of thiophene rings is 1. The molecule has 0 saturated heterocycles. The molecule has 1 heterocycles. The summed E-state index contributed by atoms with van der Waals surface area (Å²) in [6, 6.07) is 3.28. The van der Waals surface area contributed by atoms with Crippen molar-refractivity contribution in [3.05, 3.63) is 17.5 Å². The molecule has 5 heteroatoms. The van der Waals surface area contributed by atoms with E-state index in [9.17, 15) is 9.59 Å². The molecule has 2 N–H and O–H groups in total. The van der Waals surface area contributed by atoms with Gasteiger partial charge in [-0.3, -0.25) is 10.1 Å². The fourth-order valence-corrected chi connectivity index (χ4v) is 1.32. The van der Waals surface area contributed by atoms with Crippen LogP contribution >= 0.6 is 11.3 Å². The number of rotatable bonds is 3. The number of hydrogen-bond donors (Lipinski definition) is 2. The maximum Gasteiger partial charge on any atom is 0.320 e. The minimum atomic E-state index is -0.349. The summed E-state index contributed by atoms with van der Waals surface area (Å²) in [6.07, 6.45) is 0. The van der Waals surface area contributed by atoms with E-state index in [0.29, 0.717) is 0 Å². The molecule has 0 unspecified atom stereocenters. The van der Waals surface area contributed by atoms with Gasteiger partial charge in [0.05, 0.1) is 11.5 Å². The number of Topliss-reactive ketones (excluding diaryl/α,β-unsaturated/α-hetero) is 1. The van der Waals surface area contributed by atoms with Crippen molar-refractivity contribution in [2.75, 3.05) is 11.9 Å². The van der Waals surface area contributed by atoms with Crippen molar-refractivity contribution >= 4 is 28.2 Å². The van der Waals surface area contributed by atoms with Crippen molar-refractivity contribution in [2.24, 2.45) is 0 Å². The van der Waals surface area contributed by atoms with Crippen molar-refractivity contribution < 1.29 is 9.59 Å². The van der Waals surface area contributed by atoms with Crippen LogP contribution in [0.15, 0.2) is 17.5 Å². The predicted molar refractivity (Wildman–Crippen MR) is 52.0 cm³/mol. The Morgan fingerprint density at radius 3 is 2.85 bits per heavy atom. The number of anilines is 1. The molecule has 1 rings (SSSR count). The lowest BCUT2D eigenvalue weighted by Gasteiger charge is -2.02. The van der Waals surface area contributed by atoms with Crippen LogP contribution in [0.3, 0.4) is 0 Å². The summed E-state index contributed by atoms with van der Waals surface area (Å²) in [5, 5.41) is 7.65. The van der Waals surface area contributed by atoms with Gasteiger partial charge in [0.1, 0.15) is 5.78 Å². The Morgan fingerprint density at radius 2 is 2.31 bits per heavy atom. The van der Waals surface area contributed by atoms with E-state index < -0.39 is 0 Å². The fourth-order valence-electron chi connectivity index (χ4n) is 0.711. The van der Waals surface area contributed by atoms with Crippen molar-refractivity contribution in [2.45, 2.75) is 6.92 Å². The highest BCUT2D eigenvalue weighted by Gasteiger charge is 2.01. The first kappa shape index (κ1) is 9.73. The van der Waals surface area contributed by atoms with Gasteiger partial charge in [0, 0.05) is 0 Å². The predicted octanol–water partition coefficient (Wildman–Crippen LogP) is 1.46. The topological polar surface area (TPSA) is 58.2 Å². The third-order valence-corrected chi connectivity index (χ3v) is 2.04. The van der Waals surface area contributed by atoms with Gasteiger partial charge in [0.25, 0.3) is 0 Å². The summed E-state index contributed by atoms with van der Waals surface area (Å²) < 4.78 is 0. The number of carbonyl (C=O) groups is 2. The first-order chi connectivity index (χ1) is 6.18. The second-order valence-corrected chi connectivity index (χ2v) is 3.43. The van der Waals surface area contributed by atoms with Crippen LogP contribution in [-0.2, 0) is 4.79 Å². The first-order valence-electron chi connectivity index (χ1n) is 3.76. The second kappa shape index (κ2) is 4.61. The Hall–Kier alpha value is -1.36. The third kappa shape index (κ3) is 3.71. The molecule has 0 fully saturated rings. The molecule has 0 bridgehead atoms. The van der Waals surface area contributed by atoms with Crippen LogP contribution in [0.25, 0.3) is 0 Å². The minimum absolute atomic E-state index is 0.0667. The zero-order valence-electron chi connectivity index (χ0n) is 7.16. The molecule has 0 atom stereocenters. The summed E-state index contributed by atoms with van der Waals surface area (Å²) in [5.41, 5.74) is 0. The van der Waals surface area contributed by atoms with Crippen LogP contribution in [0.1, 0.15) is 6.92 Å². The maximum absolute atomic E-state index is 11.0. The molecule has 0 aromatic carbocycles. The average Bonchev–Trinajstić information content (AvgIpc) is 2.53. The summed E-state index contributed by atoms with van der Waals surface area (Å²) >= 11 is 1.43. The molecular formula is C8H10N2O2S. The van der Waals surface area contributed by atoms with Crippen molar-refractivity contribution in [3.63, 3.8) is 0 Å². The second-order valence-electron chi connectivity index (χ2n) is 2.49. The average molecular weight is 198 g/mol. The van der Waals surface area contributed by atoms with E-state index in [-0.39, 0.29) is 18.4 Å². The molecular weight excluding hydrogens is 188 g/mol. The minimum Gasteiger partial charge on any atom is -0.331 e. The zero-order chi connectivity index (χ0) is 9.68. The summed E-state index contributed by atoms with van der Waals surface area (Å²) in [7, 11) is 0. The fraction of sp³-hybridized carbons (Fsp3) is 0.250. The van der Waals surface area contributed by atoms with E-state index in [1.807, 2.05) is 11.4 Å². The molecule has 0 spiro atoms. The van der Waals surface area contributed by atoms with Crippen LogP contribution in [-0.4, -0.2) is 18.4 Å². The number of nitrogens with one attached hydrogen (secondary N) is 2. The van der Waals surface area contributed by atoms with Gasteiger partial charge in [-0.1, -0.05) is 0 Å². The SMILES string of the molecule is CC(=O)CNC(=O)Nc1cccs1. The molecule has 1 aromatic heterocycles. The highest BCUT2D eigenvalue weighted by Crippen LogP contribution is 2.14. The molecule has 1 aromatic rings. The Labute approximate surface area is 80.0 Å². The number of hydrogen-bond acceptors (Lipinski definition) is 3. The van der Waals surface area contributed by atoms with Crippen LogP contribution in [0.4, 0.5) is 9.80 Å². The van der Waals surface area contributed by atoms with Crippen LogP contribution < -0.4 is 10.6 Å². The molecule has 70 valence electrons. The van der Waals surface area contributed by atoms with E-state index in [1.54, 1.807) is 6.07 Å². The van der Waals surface area contributed by atoms with Gasteiger partial charge in [-0.05, 0) is 24.4 Å². The molecule has 0 radical (unpaired) electrons. The zero-order valence-corrected chi connectivity index (χ0v) is 7.98. The quantitative estimate of drug-likeness (QED) is 0.772. The van der Waals surface area contributed by atoms with Crippen molar-refractivity contribution in [1.82, 2.24) is 5.32 Å². The van der Waals surface area contributed by atoms with Gasteiger partial charge in [0.15, 0.2) is 0 Å². The smallest absolute Gasteiger partial charge is 0.320 e. The van der Waals surface area contributed by atoms with E-state index in [0.717, 1.165) is 5.00 Å². The van der Waals surface area contributed by atoms with Crippen molar-refractivity contribution in [3.8, 4) is 0 Å². The lowest BCUT2D eigenvalue weighted by Crippen LogP contribution is -2.32. The number of amides is 2. The first-order valence-corrected chi connectivity index (χ1v) is 4.64. The van der Waals surface area contributed by atoms with Gasteiger partial charge in [-0.2, -0.15) is 0 Å².